The highest BCUT2D eigenvalue weighted by Crippen LogP contribution is 2.35. The highest BCUT2D eigenvalue weighted by molar-refractivity contribution is 6.31. The van der Waals surface area contributed by atoms with Gasteiger partial charge in [0.15, 0.2) is 0 Å². The molecule has 0 fully saturated rings. The van der Waals surface area contributed by atoms with Gasteiger partial charge in [-0.3, -0.25) is 9.69 Å². The molecule has 0 saturated carbocycles. The molecule has 0 atom stereocenters. The zero-order valence-corrected chi connectivity index (χ0v) is 18.1. The lowest BCUT2D eigenvalue weighted by molar-refractivity contribution is 0.0993. The fourth-order valence-corrected chi connectivity index (χ4v) is 3.69. The van der Waals surface area contributed by atoms with E-state index in [0.717, 1.165) is 17.1 Å². The summed E-state index contributed by atoms with van der Waals surface area (Å²) in [6.45, 7) is 4.22. The monoisotopic (exact) mass is 440 g/mol. The minimum atomic E-state index is -1.04. The Morgan fingerprint density at radius 2 is 1.97 bits per heavy atom. The van der Waals surface area contributed by atoms with Gasteiger partial charge in [-0.25, -0.2) is 9.48 Å². The van der Waals surface area contributed by atoms with Gasteiger partial charge in [-0.15, -0.1) is 0 Å². The molecule has 2 amide bonds. The first-order chi connectivity index (χ1) is 14.8. The van der Waals surface area contributed by atoms with Gasteiger partial charge in [0.2, 0.25) is 0 Å². The van der Waals surface area contributed by atoms with Gasteiger partial charge in [0.05, 0.1) is 34.3 Å². The molecule has 3 aromatic rings. The Balaban J connectivity index is 1.63. The van der Waals surface area contributed by atoms with E-state index in [9.17, 15) is 14.7 Å². The van der Waals surface area contributed by atoms with Crippen LogP contribution in [0.1, 0.15) is 21.7 Å². The van der Waals surface area contributed by atoms with Gasteiger partial charge >= 0.3 is 6.09 Å². The number of nitrogens with zero attached hydrogens (tertiary/aromatic N) is 4. The van der Waals surface area contributed by atoms with Crippen molar-refractivity contribution in [3.8, 4) is 11.4 Å². The number of carbonyl (C=O) groups is 2. The number of carbonyl (C=O) groups excluding carboxylic acids is 1. The Morgan fingerprint density at radius 1 is 1.19 bits per heavy atom. The van der Waals surface area contributed by atoms with Crippen molar-refractivity contribution < 1.29 is 19.4 Å². The zero-order chi connectivity index (χ0) is 22.3. The molecule has 0 unspecified atom stereocenters. The maximum atomic E-state index is 13.2. The number of carboxylic acid groups (broad SMARTS) is 1. The lowest BCUT2D eigenvalue weighted by Crippen LogP contribution is -2.37. The summed E-state index contributed by atoms with van der Waals surface area (Å²) >= 11 is 6.26. The molecule has 0 radical (unpaired) electrons. The molecule has 160 valence electrons. The van der Waals surface area contributed by atoms with Crippen molar-refractivity contribution in [3.63, 3.8) is 0 Å². The number of ether oxygens (including phenoxy) is 1. The molecule has 4 rings (SSSR count). The fraction of sp³-hybridized carbons (Fsp3) is 0.227. The number of hydrogen-bond acceptors (Lipinski definition) is 4. The molecule has 1 N–H and O–H groups in total. The fourth-order valence-electron chi connectivity index (χ4n) is 3.57. The van der Waals surface area contributed by atoms with Gasteiger partial charge in [0.1, 0.15) is 12.4 Å². The normalized spacial score (nSPS) is 12.8. The van der Waals surface area contributed by atoms with Crippen molar-refractivity contribution in [2.24, 2.45) is 0 Å². The van der Waals surface area contributed by atoms with Crippen LogP contribution in [-0.4, -0.2) is 47.1 Å². The second-order valence-corrected chi connectivity index (χ2v) is 7.62. The molecule has 1 aliphatic rings. The molecular weight excluding hydrogens is 420 g/mol. The Bertz CT molecular complexity index is 1190. The number of benzene rings is 2. The first-order valence-corrected chi connectivity index (χ1v) is 10.0. The van der Waals surface area contributed by atoms with Crippen LogP contribution in [0.2, 0.25) is 5.02 Å². The van der Waals surface area contributed by atoms with Crippen molar-refractivity contribution in [2.75, 3.05) is 30.0 Å². The first-order valence-electron chi connectivity index (χ1n) is 9.65. The quantitative estimate of drug-likeness (QED) is 0.656. The van der Waals surface area contributed by atoms with Crippen LogP contribution < -0.4 is 14.5 Å². The second kappa shape index (κ2) is 7.96. The Hall–Kier alpha value is -3.52. The van der Waals surface area contributed by atoms with E-state index >= 15 is 0 Å². The van der Waals surface area contributed by atoms with E-state index in [1.807, 2.05) is 19.9 Å². The van der Waals surface area contributed by atoms with Gasteiger partial charge in [-0.1, -0.05) is 17.7 Å². The van der Waals surface area contributed by atoms with Crippen LogP contribution in [-0.2, 0) is 0 Å². The van der Waals surface area contributed by atoms with Crippen molar-refractivity contribution in [1.29, 1.82) is 0 Å². The topological polar surface area (TPSA) is 87.9 Å². The van der Waals surface area contributed by atoms with E-state index in [2.05, 4.69) is 5.10 Å². The van der Waals surface area contributed by atoms with Crippen LogP contribution in [0.4, 0.5) is 16.2 Å². The summed E-state index contributed by atoms with van der Waals surface area (Å²) in [5, 5.41) is 14.4. The molecular formula is C22H21ClN4O4. The van der Waals surface area contributed by atoms with Crippen molar-refractivity contribution in [3.05, 3.63) is 64.4 Å². The average Bonchev–Trinajstić information content (AvgIpc) is 3.04. The van der Waals surface area contributed by atoms with Crippen LogP contribution in [0.5, 0.6) is 5.75 Å². The Morgan fingerprint density at radius 3 is 2.65 bits per heavy atom. The minimum Gasteiger partial charge on any atom is -0.489 e. The van der Waals surface area contributed by atoms with Crippen LogP contribution in [0.15, 0.2) is 42.5 Å². The molecule has 1 aliphatic heterocycles. The van der Waals surface area contributed by atoms with Gasteiger partial charge in [-0.2, -0.15) is 5.10 Å². The first kappa shape index (κ1) is 20.7. The van der Waals surface area contributed by atoms with Crippen LogP contribution in [0.3, 0.4) is 0 Å². The third kappa shape index (κ3) is 3.70. The minimum absolute atomic E-state index is 0.222. The summed E-state index contributed by atoms with van der Waals surface area (Å²) in [4.78, 5) is 27.3. The van der Waals surface area contributed by atoms with E-state index in [-0.39, 0.29) is 19.1 Å². The van der Waals surface area contributed by atoms with E-state index in [1.54, 1.807) is 48.1 Å². The molecule has 2 heterocycles. The van der Waals surface area contributed by atoms with E-state index in [4.69, 9.17) is 16.3 Å². The summed E-state index contributed by atoms with van der Waals surface area (Å²) in [6, 6.07) is 12.2. The van der Waals surface area contributed by atoms with E-state index in [1.165, 1.54) is 9.80 Å². The lowest BCUT2D eigenvalue weighted by Gasteiger charge is -2.28. The molecule has 2 aromatic carbocycles. The maximum absolute atomic E-state index is 13.2. The Kier molecular flexibility index (Phi) is 5.32. The third-order valence-corrected chi connectivity index (χ3v) is 5.82. The molecule has 9 heteroatoms. The van der Waals surface area contributed by atoms with Crippen molar-refractivity contribution in [1.82, 2.24) is 9.78 Å². The summed E-state index contributed by atoms with van der Waals surface area (Å²) in [6.07, 6.45) is -1.04. The number of fused-ring (bicyclic) bond motifs is 1. The summed E-state index contributed by atoms with van der Waals surface area (Å²) < 4.78 is 7.33. The van der Waals surface area contributed by atoms with Crippen molar-refractivity contribution in [2.45, 2.75) is 13.8 Å². The predicted octanol–water partition coefficient (Wildman–Crippen LogP) is 4.30. The molecule has 0 saturated heterocycles. The van der Waals surface area contributed by atoms with Gasteiger partial charge in [0.25, 0.3) is 5.91 Å². The number of rotatable bonds is 3. The maximum Gasteiger partial charge on any atom is 0.412 e. The van der Waals surface area contributed by atoms with Gasteiger partial charge < -0.3 is 14.7 Å². The SMILES string of the molecule is Cc1nn(-c2cccc(C(=O)N(C)c3ccc4c(c3)OCCN4C(=O)O)c2)c(C)c1Cl. The lowest BCUT2D eigenvalue weighted by atomic mass is 10.1. The van der Waals surface area contributed by atoms with Crippen LogP contribution >= 0.6 is 11.6 Å². The number of anilines is 2. The van der Waals surface area contributed by atoms with Crippen LogP contribution in [0.25, 0.3) is 5.69 Å². The van der Waals surface area contributed by atoms with Crippen LogP contribution in [0, 0.1) is 13.8 Å². The Labute approximate surface area is 184 Å². The number of aromatic nitrogens is 2. The largest absolute Gasteiger partial charge is 0.489 e. The third-order valence-electron chi connectivity index (χ3n) is 5.27. The summed E-state index contributed by atoms with van der Waals surface area (Å²) in [5.41, 5.74) is 3.79. The summed E-state index contributed by atoms with van der Waals surface area (Å²) in [7, 11) is 1.66. The molecule has 31 heavy (non-hydrogen) atoms. The average molecular weight is 441 g/mol. The summed E-state index contributed by atoms with van der Waals surface area (Å²) in [5.74, 6) is 0.206. The number of halogens is 1. The standard InChI is InChI=1S/C22H21ClN4O4/c1-13-20(23)14(2)27(24-13)17-6-4-5-15(11-17)21(28)25(3)16-7-8-18-19(12-16)31-10-9-26(18)22(29)30/h4-8,11-12H,9-10H2,1-3H3,(H,29,30). The molecule has 0 bridgehead atoms. The predicted molar refractivity (Wildman–Crippen MR) is 118 cm³/mol. The molecule has 1 aromatic heterocycles. The number of aryl methyl sites for hydroxylation is 1. The van der Waals surface area contributed by atoms with Gasteiger partial charge in [-0.05, 0) is 44.2 Å². The highest BCUT2D eigenvalue weighted by Gasteiger charge is 2.25. The molecule has 0 spiro atoms. The highest BCUT2D eigenvalue weighted by atomic mass is 35.5. The number of hydrogen-bond donors (Lipinski definition) is 1. The second-order valence-electron chi connectivity index (χ2n) is 7.25. The number of amides is 2. The molecule has 8 nitrogen and oxygen atoms in total. The van der Waals surface area contributed by atoms with Crippen molar-refractivity contribution >= 4 is 35.0 Å². The van der Waals surface area contributed by atoms with E-state index in [0.29, 0.717) is 27.7 Å². The molecule has 0 aliphatic carbocycles. The van der Waals surface area contributed by atoms with E-state index < -0.39 is 6.09 Å². The van der Waals surface area contributed by atoms with Gasteiger partial charge in [0, 0.05) is 24.4 Å². The zero-order valence-electron chi connectivity index (χ0n) is 17.3. The smallest absolute Gasteiger partial charge is 0.412 e.